The summed E-state index contributed by atoms with van der Waals surface area (Å²) in [6.45, 7) is 7.95. The first-order chi connectivity index (χ1) is 12.4. The molecule has 0 bridgehead atoms. The van der Waals surface area contributed by atoms with Gasteiger partial charge in [0, 0.05) is 18.9 Å². The molecule has 0 aliphatic rings. The zero-order valence-electron chi connectivity index (χ0n) is 14.8. The SMILES string of the molecule is C=CCN(C)[C@](C)([CH]OC(=O)c1ccncc1)Cc1ccc(Cl)c(Cl)c1. The van der Waals surface area contributed by atoms with E-state index in [0.717, 1.165) is 5.56 Å². The maximum Gasteiger partial charge on any atom is 0.338 e. The van der Waals surface area contributed by atoms with Crippen LogP contribution < -0.4 is 0 Å². The summed E-state index contributed by atoms with van der Waals surface area (Å²) in [5.41, 5.74) is 0.863. The van der Waals surface area contributed by atoms with Crippen LogP contribution in [0.1, 0.15) is 22.8 Å². The molecule has 1 atom stereocenters. The Morgan fingerprint density at radius 1 is 1.27 bits per heavy atom. The lowest BCUT2D eigenvalue weighted by Gasteiger charge is -2.37. The van der Waals surface area contributed by atoms with Crippen molar-refractivity contribution in [2.45, 2.75) is 18.9 Å². The summed E-state index contributed by atoms with van der Waals surface area (Å²) < 4.78 is 5.46. The summed E-state index contributed by atoms with van der Waals surface area (Å²) in [6.07, 6.45) is 5.48. The largest absolute Gasteiger partial charge is 0.453 e. The highest BCUT2D eigenvalue weighted by Gasteiger charge is 2.32. The molecular weight excluding hydrogens is 371 g/mol. The van der Waals surface area contributed by atoms with Crippen LogP contribution in [0.3, 0.4) is 0 Å². The molecule has 1 aromatic carbocycles. The number of nitrogens with zero attached hydrogens (tertiary/aromatic N) is 2. The molecule has 1 aromatic heterocycles. The number of hydrogen-bond donors (Lipinski definition) is 0. The van der Waals surface area contributed by atoms with Crippen molar-refractivity contribution >= 4 is 29.2 Å². The van der Waals surface area contributed by atoms with Crippen LogP contribution >= 0.6 is 23.2 Å². The number of pyridine rings is 1. The molecule has 0 aliphatic heterocycles. The summed E-state index contributed by atoms with van der Waals surface area (Å²) in [6, 6.07) is 8.71. The lowest BCUT2D eigenvalue weighted by Crippen LogP contribution is -2.47. The molecule has 0 unspecified atom stereocenters. The normalized spacial score (nSPS) is 13.3. The van der Waals surface area contributed by atoms with Gasteiger partial charge >= 0.3 is 5.97 Å². The predicted octanol–water partition coefficient (Wildman–Crippen LogP) is 4.83. The molecule has 1 heterocycles. The Hall–Kier alpha value is -1.88. The molecule has 26 heavy (non-hydrogen) atoms. The van der Waals surface area contributed by atoms with Crippen LogP contribution in [-0.2, 0) is 11.2 Å². The van der Waals surface area contributed by atoms with E-state index in [1.54, 1.807) is 43.3 Å². The van der Waals surface area contributed by atoms with Crippen LogP contribution in [-0.4, -0.2) is 35.0 Å². The zero-order valence-corrected chi connectivity index (χ0v) is 16.3. The van der Waals surface area contributed by atoms with Crippen LogP contribution in [0.5, 0.6) is 0 Å². The van der Waals surface area contributed by atoms with Gasteiger partial charge in [0.2, 0.25) is 0 Å². The van der Waals surface area contributed by atoms with Gasteiger partial charge in [0.1, 0.15) is 0 Å². The van der Waals surface area contributed by atoms with E-state index >= 15 is 0 Å². The number of halogens is 2. The van der Waals surface area contributed by atoms with E-state index in [2.05, 4.69) is 11.6 Å². The molecule has 6 heteroatoms. The first-order valence-corrected chi connectivity index (χ1v) is 8.83. The van der Waals surface area contributed by atoms with Gasteiger partial charge in [0.25, 0.3) is 0 Å². The Balaban J connectivity index is 2.17. The Bertz CT molecular complexity index is 768. The second-order valence-corrected chi connectivity index (χ2v) is 7.03. The van der Waals surface area contributed by atoms with E-state index in [1.165, 1.54) is 0 Å². The third-order valence-electron chi connectivity index (χ3n) is 4.16. The van der Waals surface area contributed by atoms with Crippen molar-refractivity contribution in [3.63, 3.8) is 0 Å². The van der Waals surface area contributed by atoms with Crippen molar-refractivity contribution < 1.29 is 9.53 Å². The van der Waals surface area contributed by atoms with Crippen LogP contribution in [0.25, 0.3) is 0 Å². The second kappa shape index (κ2) is 9.17. The second-order valence-electron chi connectivity index (χ2n) is 6.21. The molecule has 2 aromatic rings. The Morgan fingerprint density at radius 3 is 2.58 bits per heavy atom. The van der Waals surface area contributed by atoms with Gasteiger partial charge in [-0.1, -0.05) is 35.3 Å². The lowest BCUT2D eigenvalue weighted by atomic mass is 9.92. The lowest BCUT2D eigenvalue weighted by molar-refractivity contribution is 0.0425. The molecule has 0 fully saturated rings. The number of ether oxygens (including phenoxy) is 1. The summed E-state index contributed by atoms with van der Waals surface area (Å²) in [7, 11) is 1.94. The van der Waals surface area contributed by atoms with Crippen molar-refractivity contribution in [3.05, 3.63) is 83.2 Å². The summed E-state index contributed by atoms with van der Waals surface area (Å²) >= 11 is 12.1. The van der Waals surface area contributed by atoms with E-state index in [1.807, 2.05) is 31.0 Å². The molecule has 0 amide bonds. The van der Waals surface area contributed by atoms with Gasteiger partial charge in [0.15, 0.2) is 6.61 Å². The number of carbonyl (C=O) groups excluding carboxylic acids is 1. The molecular formula is C20H21Cl2N2O2. The summed E-state index contributed by atoms with van der Waals surface area (Å²) in [5.74, 6) is -0.431. The Kier molecular flexibility index (Phi) is 7.21. The Labute approximate surface area is 164 Å². The average molecular weight is 392 g/mol. The molecule has 0 aliphatic carbocycles. The quantitative estimate of drug-likeness (QED) is 0.477. The molecule has 0 spiro atoms. The molecule has 0 saturated carbocycles. The van der Waals surface area contributed by atoms with Crippen LogP contribution in [0.2, 0.25) is 10.0 Å². The van der Waals surface area contributed by atoms with Crippen LogP contribution in [0.15, 0.2) is 55.4 Å². The predicted molar refractivity (Wildman–Crippen MR) is 105 cm³/mol. The van der Waals surface area contributed by atoms with Gasteiger partial charge in [-0.2, -0.15) is 0 Å². The van der Waals surface area contributed by atoms with Crippen LogP contribution in [0.4, 0.5) is 0 Å². The maximum absolute atomic E-state index is 12.3. The fourth-order valence-electron chi connectivity index (χ4n) is 2.47. The minimum atomic E-state index is -0.561. The van der Waals surface area contributed by atoms with Gasteiger partial charge in [-0.15, -0.1) is 6.58 Å². The number of benzene rings is 1. The van der Waals surface area contributed by atoms with E-state index in [0.29, 0.717) is 28.6 Å². The van der Waals surface area contributed by atoms with Gasteiger partial charge in [-0.3, -0.25) is 9.88 Å². The van der Waals surface area contributed by atoms with E-state index in [-0.39, 0.29) is 0 Å². The number of carbonyl (C=O) groups is 1. The van der Waals surface area contributed by atoms with E-state index in [4.69, 9.17) is 27.9 Å². The first kappa shape index (κ1) is 20.4. The number of aromatic nitrogens is 1. The van der Waals surface area contributed by atoms with Gasteiger partial charge in [-0.25, -0.2) is 4.79 Å². The maximum atomic E-state index is 12.3. The molecule has 2 rings (SSSR count). The highest BCUT2D eigenvalue weighted by Crippen LogP contribution is 2.28. The third-order valence-corrected chi connectivity index (χ3v) is 4.90. The third kappa shape index (κ3) is 5.31. The van der Waals surface area contributed by atoms with Crippen molar-refractivity contribution in [2.24, 2.45) is 0 Å². The van der Waals surface area contributed by atoms with Crippen molar-refractivity contribution in [1.29, 1.82) is 0 Å². The first-order valence-electron chi connectivity index (χ1n) is 8.07. The van der Waals surface area contributed by atoms with Crippen molar-refractivity contribution in [1.82, 2.24) is 9.88 Å². The minimum absolute atomic E-state index is 0.431. The fourth-order valence-corrected chi connectivity index (χ4v) is 2.79. The highest BCUT2D eigenvalue weighted by molar-refractivity contribution is 6.42. The standard InChI is InChI=1S/C20H21Cl2N2O2/c1-4-11-24(3)20(2,13-15-5-6-17(21)18(22)12-15)14-26-19(25)16-7-9-23-10-8-16/h4-10,12,14H,1,11,13H2,2-3H3/t20-/m0/s1. The molecule has 4 nitrogen and oxygen atoms in total. The monoisotopic (exact) mass is 391 g/mol. The Morgan fingerprint density at radius 2 is 1.96 bits per heavy atom. The smallest absolute Gasteiger partial charge is 0.338 e. The fraction of sp³-hybridized carbons (Fsp3) is 0.250. The van der Waals surface area contributed by atoms with E-state index in [9.17, 15) is 4.79 Å². The molecule has 0 saturated heterocycles. The highest BCUT2D eigenvalue weighted by atomic mass is 35.5. The summed E-state index contributed by atoms with van der Waals surface area (Å²) in [4.78, 5) is 18.2. The zero-order chi connectivity index (χ0) is 19.2. The van der Waals surface area contributed by atoms with Gasteiger partial charge in [-0.05, 0) is 50.2 Å². The van der Waals surface area contributed by atoms with E-state index < -0.39 is 11.5 Å². The molecule has 1 radical (unpaired) electrons. The average Bonchev–Trinajstić information content (AvgIpc) is 2.64. The van der Waals surface area contributed by atoms with Gasteiger partial charge < -0.3 is 4.74 Å². The number of esters is 1. The number of rotatable bonds is 8. The molecule has 137 valence electrons. The van der Waals surface area contributed by atoms with Gasteiger partial charge in [0.05, 0.1) is 21.1 Å². The summed E-state index contributed by atoms with van der Waals surface area (Å²) in [5, 5.41) is 0.997. The minimum Gasteiger partial charge on any atom is -0.453 e. The van der Waals surface area contributed by atoms with Crippen LogP contribution in [0, 0.1) is 6.61 Å². The topological polar surface area (TPSA) is 42.4 Å². The van der Waals surface area contributed by atoms with Crippen molar-refractivity contribution in [2.75, 3.05) is 13.6 Å². The van der Waals surface area contributed by atoms with Crippen molar-refractivity contribution in [3.8, 4) is 0 Å². The molecule has 0 N–H and O–H groups in total. The number of likely N-dealkylation sites (N-methyl/N-ethyl adjacent to an activating group) is 1. The number of hydrogen-bond acceptors (Lipinski definition) is 4.